The maximum absolute atomic E-state index is 14.0. The standard InChI is InChI=1S/C21H27Cl2N2O2S/c22-18-12-16-15(4-5-20(26)17(16)13-19(18)23)21(27)25(8-10-28-11-9-25)14-24-6-2-1-3-7-24/h12-13,15H,1-11,14H2/q+1. The van der Waals surface area contributed by atoms with Gasteiger partial charge in [-0.15, -0.1) is 0 Å². The topological polar surface area (TPSA) is 37.4 Å². The van der Waals surface area contributed by atoms with E-state index in [1.165, 1.54) is 19.3 Å². The number of Topliss-reactive ketones (excluding diaryl/α,β-unsaturated/α-hetero) is 1. The zero-order chi connectivity index (χ0) is 19.7. The first-order valence-corrected chi connectivity index (χ1v) is 12.1. The van der Waals surface area contributed by atoms with E-state index in [-0.39, 0.29) is 17.6 Å². The molecule has 7 heteroatoms. The molecule has 2 saturated heterocycles. The van der Waals surface area contributed by atoms with E-state index in [0.717, 1.165) is 49.9 Å². The summed E-state index contributed by atoms with van der Waals surface area (Å²) in [6.45, 7) is 4.73. The zero-order valence-corrected chi connectivity index (χ0v) is 18.4. The minimum absolute atomic E-state index is 0.0643. The molecule has 1 aliphatic carbocycles. The molecule has 152 valence electrons. The molecule has 1 aromatic rings. The number of carbonyl (C=O) groups excluding carboxylic acids is 2. The molecule has 28 heavy (non-hydrogen) atoms. The van der Waals surface area contributed by atoms with Crippen molar-refractivity contribution in [3.63, 3.8) is 0 Å². The van der Waals surface area contributed by atoms with Gasteiger partial charge in [-0.05, 0) is 37.0 Å². The van der Waals surface area contributed by atoms with Crippen LogP contribution in [0, 0.1) is 0 Å². The van der Waals surface area contributed by atoms with Crippen molar-refractivity contribution >= 4 is 46.7 Å². The lowest BCUT2D eigenvalue weighted by atomic mass is 9.80. The van der Waals surface area contributed by atoms with Gasteiger partial charge < -0.3 is 0 Å². The minimum atomic E-state index is -0.268. The van der Waals surface area contributed by atoms with Gasteiger partial charge in [0.25, 0.3) is 0 Å². The highest BCUT2D eigenvalue weighted by molar-refractivity contribution is 7.99. The van der Waals surface area contributed by atoms with Gasteiger partial charge >= 0.3 is 5.91 Å². The summed E-state index contributed by atoms with van der Waals surface area (Å²) in [5.41, 5.74) is 1.37. The Balaban J connectivity index is 1.66. The molecular weight excluding hydrogens is 415 g/mol. The van der Waals surface area contributed by atoms with Crippen LogP contribution in [0.3, 0.4) is 0 Å². The van der Waals surface area contributed by atoms with Crippen LogP contribution in [0.5, 0.6) is 0 Å². The molecule has 1 atom stereocenters. The van der Waals surface area contributed by atoms with Crippen LogP contribution in [0.1, 0.15) is 53.9 Å². The van der Waals surface area contributed by atoms with Gasteiger partial charge in [-0.25, -0.2) is 9.28 Å². The SMILES string of the molecule is O=C1CCC(C(=O)[N+]2(CN3CCCCC3)CCSCC2)c2cc(Cl)c(Cl)cc21. The summed E-state index contributed by atoms with van der Waals surface area (Å²) in [4.78, 5) is 28.9. The number of benzene rings is 1. The number of halogens is 2. The van der Waals surface area contributed by atoms with Crippen LogP contribution in [-0.2, 0) is 4.79 Å². The normalized spacial score (nSPS) is 25.4. The van der Waals surface area contributed by atoms with E-state index in [9.17, 15) is 9.59 Å². The third-order valence-corrected chi connectivity index (χ3v) is 8.11. The van der Waals surface area contributed by atoms with Crippen LogP contribution < -0.4 is 0 Å². The highest BCUT2D eigenvalue weighted by Gasteiger charge is 2.46. The Morgan fingerprint density at radius 2 is 1.79 bits per heavy atom. The Morgan fingerprint density at radius 1 is 1.11 bits per heavy atom. The van der Waals surface area contributed by atoms with Crippen LogP contribution in [-0.4, -0.2) is 65.4 Å². The second-order valence-corrected chi connectivity index (χ2v) is 10.3. The first kappa shape index (κ1) is 20.7. The van der Waals surface area contributed by atoms with Gasteiger partial charge in [-0.2, -0.15) is 11.8 Å². The van der Waals surface area contributed by atoms with Gasteiger partial charge in [-0.1, -0.05) is 29.6 Å². The van der Waals surface area contributed by atoms with Crippen molar-refractivity contribution in [3.05, 3.63) is 33.3 Å². The number of piperidine rings is 1. The average molecular weight is 442 g/mol. The number of likely N-dealkylation sites (tertiary alicyclic amines) is 1. The molecule has 0 N–H and O–H groups in total. The number of rotatable bonds is 3. The third kappa shape index (κ3) is 4.01. The number of ketones is 1. The number of hydrogen-bond acceptors (Lipinski definition) is 4. The zero-order valence-electron chi connectivity index (χ0n) is 16.1. The molecule has 0 bridgehead atoms. The summed E-state index contributed by atoms with van der Waals surface area (Å²) in [6.07, 6.45) is 4.71. The number of hydrogen-bond donors (Lipinski definition) is 0. The summed E-state index contributed by atoms with van der Waals surface area (Å²) in [6, 6.07) is 3.41. The van der Waals surface area contributed by atoms with Gasteiger partial charge in [0.05, 0.1) is 23.1 Å². The van der Waals surface area contributed by atoms with Crippen molar-refractivity contribution in [2.24, 2.45) is 0 Å². The lowest BCUT2D eigenvalue weighted by Crippen LogP contribution is -2.63. The molecule has 2 heterocycles. The van der Waals surface area contributed by atoms with E-state index in [2.05, 4.69) is 4.90 Å². The molecule has 4 rings (SSSR count). The van der Waals surface area contributed by atoms with Crippen molar-refractivity contribution in [2.45, 2.75) is 38.0 Å². The van der Waals surface area contributed by atoms with Crippen molar-refractivity contribution in [1.82, 2.24) is 4.90 Å². The van der Waals surface area contributed by atoms with Crippen LogP contribution >= 0.6 is 35.0 Å². The van der Waals surface area contributed by atoms with Gasteiger partial charge in [0.15, 0.2) is 5.78 Å². The second kappa shape index (κ2) is 8.65. The highest BCUT2D eigenvalue weighted by Crippen LogP contribution is 2.39. The first-order chi connectivity index (χ1) is 13.5. The van der Waals surface area contributed by atoms with Crippen LogP contribution in [0.4, 0.5) is 0 Å². The van der Waals surface area contributed by atoms with E-state index in [1.807, 2.05) is 11.8 Å². The molecule has 2 fully saturated rings. The van der Waals surface area contributed by atoms with Crippen molar-refractivity contribution in [3.8, 4) is 0 Å². The largest absolute Gasteiger partial charge is 0.322 e. The summed E-state index contributed by atoms with van der Waals surface area (Å²) >= 11 is 14.4. The van der Waals surface area contributed by atoms with E-state index in [0.29, 0.717) is 32.9 Å². The van der Waals surface area contributed by atoms with Gasteiger partial charge in [0.1, 0.15) is 12.6 Å². The van der Waals surface area contributed by atoms with E-state index in [4.69, 9.17) is 23.2 Å². The summed E-state index contributed by atoms with van der Waals surface area (Å²) < 4.78 is 0.519. The molecule has 0 aromatic heterocycles. The van der Waals surface area contributed by atoms with Gasteiger partial charge in [0, 0.05) is 36.6 Å². The number of fused-ring (bicyclic) bond motifs is 1. The lowest BCUT2D eigenvalue weighted by Gasteiger charge is -2.44. The number of thioether (sulfide) groups is 1. The molecule has 1 amide bonds. The van der Waals surface area contributed by atoms with E-state index >= 15 is 0 Å². The molecular formula is C21H27Cl2N2O2S+. The van der Waals surface area contributed by atoms with Crippen molar-refractivity contribution in [2.75, 3.05) is 44.4 Å². The summed E-state index contributed by atoms with van der Waals surface area (Å²) in [7, 11) is 0. The molecule has 1 unspecified atom stereocenters. The summed E-state index contributed by atoms with van der Waals surface area (Å²) in [5, 5.41) is 0.804. The predicted octanol–water partition coefficient (Wildman–Crippen LogP) is 4.59. The first-order valence-electron chi connectivity index (χ1n) is 10.2. The number of amides is 1. The average Bonchev–Trinajstić information content (AvgIpc) is 2.71. The van der Waals surface area contributed by atoms with Crippen molar-refractivity contribution in [1.29, 1.82) is 0 Å². The second-order valence-electron chi connectivity index (χ2n) is 8.23. The van der Waals surface area contributed by atoms with Gasteiger partial charge in [0.2, 0.25) is 0 Å². The van der Waals surface area contributed by atoms with E-state index in [1.54, 1.807) is 12.1 Å². The van der Waals surface area contributed by atoms with Crippen LogP contribution in [0.2, 0.25) is 10.0 Å². The molecule has 2 aliphatic heterocycles. The van der Waals surface area contributed by atoms with Crippen LogP contribution in [0.15, 0.2) is 12.1 Å². The smallest absolute Gasteiger partial charge is 0.294 e. The number of quaternary nitrogens is 1. The van der Waals surface area contributed by atoms with Gasteiger partial charge in [-0.3, -0.25) is 9.69 Å². The summed E-state index contributed by atoms with van der Waals surface area (Å²) in [5.74, 6) is 2.08. The Bertz CT molecular complexity index is 774. The molecule has 1 aromatic carbocycles. The predicted molar refractivity (Wildman–Crippen MR) is 115 cm³/mol. The fourth-order valence-corrected chi connectivity index (χ4v) is 6.35. The maximum atomic E-state index is 14.0. The molecule has 3 aliphatic rings. The van der Waals surface area contributed by atoms with Crippen LogP contribution in [0.25, 0.3) is 0 Å². The maximum Gasteiger partial charge on any atom is 0.322 e. The molecule has 0 spiro atoms. The Kier molecular flexibility index (Phi) is 6.38. The molecule has 0 radical (unpaired) electrons. The molecule has 0 saturated carbocycles. The Labute approximate surface area is 181 Å². The Morgan fingerprint density at radius 3 is 2.50 bits per heavy atom. The highest BCUT2D eigenvalue weighted by atomic mass is 35.5. The van der Waals surface area contributed by atoms with E-state index < -0.39 is 0 Å². The fraction of sp³-hybridized carbons (Fsp3) is 0.619. The lowest BCUT2D eigenvalue weighted by molar-refractivity contribution is -0.862. The number of nitrogens with zero attached hydrogens (tertiary/aromatic N) is 2. The van der Waals surface area contributed by atoms with Crippen molar-refractivity contribution < 1.29 is 14.1 Å². The monoisotopic (exact) mass is 441 g/mol. The molecule has 4 nitrogen and oxygen atoms in total. The Hall–Kier alpha value is -0.590. The number of carbonyl (C=O) groups is 2. The fourth-order valence-electron chi connectivity index (χ4n) is 4.85. The minimum Gasteiger partial charge on any atom is -0.294 e. The quantitative estimate of drug-likeness (QED) is 0.642. The third-order valence-electron chi connectivity index (χ3n) is 6.44.